The molecule has 1 saturated heterocycles. The number of aromatic nitrogens is 3. The highest BCUT2D eigenvalue weighted by molar-refractivity contribution is 6.34. The number of nitriles is 1. The summed E-state index contributed by atoms with van der Waals surface area (Å²) >= 11 is 6.53. The lowest BCUT2D eigenvalue weighted by atomic mass is 10.0. The van der Waals surface area contributed by atoms with E-state index in [4.69, 9.17) is 11.6 Å². The number of anilines is 1. The number of hydrogen-bond donors (Lipinski definition) is 0. The van der Waals surface area contributed by atoms with E-state index in [1.807, 2.05) is 19.9 Å². The Morgan fingerprint density at radius 3 is 2.17 bits per heavy atom. The Morgan fingerprint density at radius 1 is 1.06 bits per heavy atom. The molecule has 3 aromatic heterocycles. The first-order valence-corrected chi connectivity index (χ1v) is 14.9. The SMILES string of the molecule is C=CC(=O)N1[C@H](C)CN(c2c(C#N)c(=O)n(-c3c(C)ccnc3C(C)C)c3nc(-c4c(F)c(F)c(F)c(F)c4F)c(Cl)cc23)C[C@@H]1C. The molecule has 0 unspecified atom stereocenters. The van der Waals surface area contributed by atoms with Crippen LogP contribution in [0, 0.1) is 47.3 Å². The highest BCUT2D eigenvalue weighted by Gasteiger charge is 2.36. The van der Waals surface area contributed by atoms with Crippen molar-refractivity contribution in [2.45, 2.75) is 52.6 Å². The third-order valence-corrected chi connectivity index (χ3v) is 8.51. The summed E-state index contributed by atoms with van der Waals surface area (Å²) in [5.41, 5.74) is -2.40. The fourth-order valence-corrected chi connectivity index (χ4v) is 6.47. The Hall–Kier alpha value is -4.83. The van der Waals surface area contributed by atoms with Crippen LogP contribution in [-0.4, -0.2) is 50.5 Å². The molecule has 0 saturated carbocycles. The molecule has 1 aliphatic heterocycles. The van der Waals surface area contributed by atoms with Crippen LogP contribution in [0.1, 0.15) is 50.4 Å². The number of piperazine rings is 1. The third-order valence-electron chi connectivity index (χ3n) is 8.22. The van der Waals surface area contributed by atoms with E-state index in [1.165, 1.54) is 18.3 Å². The quantitative estimate of drug-likeness (QED) is 0.101. The van der Waals surface area contributed by atoms with Gasteiger partial charge in [0.2, 0.25) is 11.7 Å². The summed E-state index contributed by atoms with van der Waals surface area (Å²) in [5.74, 6) is -11.7. The number of nitrogens with zero attached hydrogens (tertiary/aromatic N) is 6. The number of benzene rings is 1. The monoisotopic (exact) mass is 670 g/mol. The van der Waals surface area contributed by atoms with Crippen molar-refractivity contribution in [2.24, 2.45) is 0 Å². The maximum absolute atomic E-state index is 15.1. The fourth-order valence-electron chi connectivity index (χ4n) is 6.22. The molecule has 1 aromatic carbocycles. The van der Waals surface area contributed by atoms with Gasteiger partial charge in [-0.15, -0.1) is 0 Å². The molecule has 0 radical (unpaired) electrons. The molecule has 244 valence electrons. The predicted molar refractivity (Wildman–Crippen MR) is 167 cm³/mol. The van der Waals surface area contributed by atoms with Gasteiger partial charge in [0.1, 0.15) is 17.3 Å². The summed E-state index contributed by atoms with van der Waals surface area (Å²) in [5, 5.41) is 10.00. The predicted octanol–water partition coefficient (Wildman–Crippen LogP) is 6.71. The summed E-state index contributed by atoms with van der Waals surface area (Å²) in [6.45, 7) is 12.7. The zero-order valence-electron chi connectivity index (χ0n) is 25.9. The van der Waals surface area contributed by atoms with Crippen molar-refractivity contribution in [3.05, 3.63) is 92.3 Å². The molecule has 5 rings (SSSR count). The number of halogens is 6. The summed E-state index contributed by atoms with van der Waals surface area (Å²) in [6.07, 6.45) is 2.71. The highest BCUT2D eigenvalue weighted by Crippen LogP contribution is 2.40. The molecule has 0 spiro atoms. The standard InChI is InChI=1S/C33H28ClF5N6O2/c1-7-21(46)44-16(5)12-43(13-17(44)6)31-18-10-20(34)29(22-23(35)25(37)27(39)26(38)24(22)36)42-32(18)45(33(47)19(31)11-40)30-15(4)8-9-41-28(30)14(2)3/h7-10,14,16-17H,1,12-13H2,2-6H3/t16-,17+. The second kappa shape index (κ2) is 12.4. The van der Waals surface area contributed by atoms with E-state index in [-0.39, 0.29) is 52.9 Å². The molecule has 0 N–H and O–H groups in total. The molecule has 8 nitrogen and oxygen atoms in total. The molecule has 1 aliphatic rings. The van der Waals surface area contributed by atoms with Crippen LogP contribution in [0.4, 0.5) is 27.6 Å². The smallest absolute Gasteiger partial charge is 0.276 e. The molecule has 0 aliphatic carbocycles. The van der Waals surface area contributed by atoms with Crippen molar-refractivity contribution in [3.8, 4) is 23.0 Å². The van der Waals surface area contributed by atoms with Crippen molar-refractivity contribution in [1.82, 2.24) is 19.4 Å². The second-order valence-electron chi connectivity index (χ2n) is 11.7. The van der Waals surface area contributed by atoms with Gasteiger partial charge in [-0.25, -0.2) is 26.9 Å². The van der Waals surface area contributed by atoms with E-state index >= 15 is 8.78 Å². The maximum atomic E-state index is 15.1. The van der Waals surface area contributed by atoms with Crippen molar-refractivity contribution < 1.29 is 26.7 Å². The third kappa shape index (κ3) is 5.30. The zero-order valence-corrected chi connectivity index (χ0v) is 26.7. The van der Waals surface area contributed by atoms with Crippen molar-refractivity contribution >= 4 is 34.2 Å². The summed E-state index contributed by atoms with van der Waals surface area (Å²) in [7, 11) is 0. The van der Waals surface area contributed by atoms with Gasteiger partial charge in [-0.1, -0.05) is 32.0 Å². The van der Waals surface area contributed by atoms with E-state index < -0.39 is 63.0 Å². The van der Waals surface area contributed by atoms with Crippen LogP contribution >= 0.6 is 11.6 Å². The van der Waals surface area contributed by atoms with Gasteiger partial charge >= 0.3 is 0 Å². The normalized spacial score (nSPS) is 16.6. The maximum Gasteiger partial charge on any atom is 0.276 e. The first kappa shape index (κ1) is 33.5. The topological polar surface area (TPSA) is 95.1 Å². The van der Waals surface area contributed by atoms with Crippen LogP contribution < -0.4 is 10.5 Å². The summed E-state index contributed by atoms with van der Waals surface area (Å²) in [4.78, 5) is 39.1. The van der Waals surface area contributed by atoms with Gasteiger partial charge < -0.3 is 9.80 Å². The number of carbonyl (C=O) groups excluding carboxylic acids is 1. The Bertz CT molecular complexity index is 2050. The minimum Gasteiger partial charge on any atom is -0.366 e. The molecule has 47 heavy (non-hydrogen) atoms. The van der Waals surface area contributed by atoms with Gasteiger partial charge in [0, 0.05) is 36.8 Å². The molecule has 4 heterocycles. The largest absolute Gasteiger partial charge is 0.366 e. The Balaban J connectivity index is 1.95. The number of amides is 1. The molecule has 1 fully saturated rings. The van der Waals surface area contributed by atoms with Crippen LogP contribution in [0.5, 0.6) is 0 Å². The molecular weight excluding hydrogens is 643 g/mol. The van der Waals surface area contributed by atoms with Gasteiger partial charge in [-0.05, 0) is 50.5 Å². The van der Waals surface area contributed by atoms with Crippen molar-refractivity contribution in [3.63, 3.8) is 0 Å². The zero-order chi connectivity index (χ0) is 34.6. The lowest BCUT2D eigenvalue weighted by Gasteiger charge is -2.45. The number of pyridine rings is 3. The highest BCUT2D eigenvalue weighted by atomic mass is 35.5. The molecule has 1 amide bonds. The van der Waals surface area contributed by atoms with Crippen molar-refractivity contribution in [2.75, 3.05) is 18.0 Å². The van der Waals surface area contributed by atoms with Crippen LogP contribution in [0.2, 0.25) is 5.02 Å². The van der Waals surface area contributed by atoms with Crippen LogP contribution in [0.25, 0.3) is 28.0 Å². The van der Waals surface area contributed by atoms with Gasteiger partial charge in [0.05, 0.1) is 33.3 Å². The molecule has 4 aromatic rings. The summed E-state index contributed by atoms with van der Waals surface area (Å²) < 4.78 is 74.0. The fraction of sp³-hybridized carbons (Fsp3) is 0.303. The van der Waals surface area contributed by atoms with E-state index in [1.54, 1.807) is 36.6 Å². The molecule has 14 heteroatoms. The van der Waals surface area contributed by atoms with Gasteiger partial charge in [0.15, 0.2) is 23.3 Å². The number of aryl methyl sites for hydroxylation is 1. The van der Waals surface area contributed by atoms with E-state index in [0.29, 0.717) is 11.3 Å². The number of rotatable bonds is 5. The lowest BCUT2D eigenvalue weighted by Crippen LogP contribution is -2.58. The van der Waals surface area contributed by atoms with E-state index in [2.05, 4.69) is 16.5 Å². The van der Waals surface area contributed by atoms with Crippen molar-refractivity contribution in [1.29, 1.82) is 5.26 Å². The Labute approximate surface area is 271 Å². The summed E-state index contributed by atoms with van der Waals surface area (Å²) in [6, 6.07) is 3.94. The van der Waals surface area contributed by atoms with Gasteiger partial charge in [-0.2, -0.15) is 5.26 Å². The Kier molecular flexibility index (Phi) is 8.85. The minimum atomic E-state index is -2.36. The van der Waals surface area contributed by atoms with E-state index in [9.17, 15) is 28.0 Å². The number of carbonyl (C=O) groups is 1. The lowest BCUT2D eigenvalue weighted by molar-refractivity contribution is -0.130. The number of hydrogen-bond acceptors (Lipinski definition) is 6. The minimum absolute atomic E-state index is 0.0825. The van der Waals surface area contributed by atoms with Crippen LogP contribution in [0.15, 0.2) is 35.8 Å². The average Bonchev–Trinajstić information content (AvgIpc) is 3.02. The van der Waals surface area contributed by atoms with Gasteiger partial charge in [0.25, 0.3) is 5.56 Å². The molecule has 0 bridgehead atoms. The van der Waals surface area contributed by atoms with Crippen LogP contribution in [0.3, 0.4) is 0 Å². The van der Waals surface area contributed by atoms with Gasteiger partial charge in [-0.3, -0.25) is 19.1 Å². The first-order valence-electron chi connectivity index (χ1n) is 14.5. The first-order chi connectivity index (χ1) is 22.2. The van der Waals surface area contributed by atoms with Crippen LogP contribution in [-0.2, 0) is 4.79 Å². The average molecular weight is 671 g/mol. The van der Waals surface area contributed by atoms with E-state index in [0.717, 1.165) is 4.57 Å². The number of fused-ring (bicyclic) bond motifs is 1. The molecular formula is C33H28ClF5N6O2. The second-order valence-corrected chi connectivity index (χ2v) is 12.1. The molecule has 2 atom stereocenters. The Morgan fingerprint density at radius 2 is 1.64 bits per heavy atom.